The quantitative estimate of drug-likeness (QED) is 0.743. The zero-order valence-corrected chi connectivity index (χ0v) is 16.9. The summed E-state index contributed by atoms with van der Waals surface area (Å²) in [5.74, 6) is 3.48. The van der Waals surface area contributed by atoms with Crippen LogP contribution in [0.1, 0.15) is 72.1 Å². The lowest BCUT2D eigenvalue weighted by Crippen LogP contribution is -2.45. The highest BCUT2D eigenvalue weighted by Crippen LogP contribution is 2.33. The van der Waals surface area contributed by atoms with Crippen molar-refractivity contribution in [1.82, 2.24) is 9.80 Å². The molecule has 0 aromatic rings. The van der Waals surface area contributed by atoms with Crippen LogP contribution in [0, 0.1) is 23.7 Å². The van der Waals surface area contributed by atoms with Gasteiger partial charge in [-0.05, 0) is 102 Å². The summed E-state index contributed by atoms with van der Waals surface area (Å²) < 4.78 is 0. The number of carbonyl (C=O) groups is 1. The Morgan fingerprint density at radius 3 is 2.00 bits per heavy atom. The molecule has 0 N–H and O–H groups in total. The van der Waals surface area contributed by atoms with Crippen molar-refractivity contribution in [3.05, 3.63) is 0 Å². The molecule has 3 aliphatic rings. The van der Waals surface area contributed by atoms with Crippen LogP contribution in [0.5, 0.6) is 0 Å². The van der Waals surface area contributed by atoms with E-state index in [-0.39, 0.29) is 0 Å². The summed E-state index contributed by atoms with van der Waals surface area (Å²) in [5, 5.41) is 0. The Bertz CT molecular complexity index is 412. The van der Waals surface area contributed by atoms with Gasteiger partial charge >= 0.3 is 0 Å². The molecule has 0 bridgehead atoms. The first-order valence-corrected chi connectivity index (χ1v) is 11.0. The average Bonchev–Trinajstić information content (AvgIpc) is 2.63. The molecule has 2 heterocycles. The molecule has 2 saturated heterocycles. The Kier molecular flexibility index (Phi) is 6.96. The first-order valence-electron chi connectivity index (χ1n) is 11.0. The topological polar surface area (TPSA) is 23.6 Å². The van der Waals surface area contributed by atoms with Gasteiger partial charge in [-0.3, -0.25) is 4.79 Å². The highest BCUT2D eigenvalue weighted by molar-refractivity contribution is 5.78. The number of ketones is 1. The normalized spacial score (nSPS) is 31.5. The average molecular weight is 349 g/mol. The molecule has 0 unspecified atom stereocenters. The molecule has 0 atom stereocenters. The predicted octanol–water partition coefficient (Wildman–Crippen LogP) is 4.21. The molecule has 3 nitrogen and oxygen atoms in total. The van der Waals surface area contributed by atoms with Gasteiger partial charge in [0.05, 0.1) is 0 Å². The van der Waals surface area contributed by atoms with E-state index in [4.69, 9.17) is 0 Å². The van der Waals surface area contributed by atoms with Gasteiger partial charge in [-0.1, -0.05) is 13.8 Å². The lowest BCUT2D eigenvalue weighted by atomic mass is 9.82. The number of hydrogen-bond donors (Lipinski definition) is 0. The number of likely N-dealkylation sites (tertiary alicyclic amines) is 2. The minimum Gasteiger partial charge on any atom is -0.303 e. The van der Waals surface area contributed by atoms with Crippen LogP contribution in [0.3, 0.4) is 0 Å². The van der Waals surface area contributed by atoms with Crippen molar-refractivity contribution in [3.63, 3.8) is 0 Å². The summed E-state index contributed by atoms with van der Waals surface area (Å²) >= 11 is 0. The van der Waals surface area contributed by atoms with Crippen LogP contribution in [0.25, 0.3) is 0 Å². The van der Waals surface area contributed by atoms with Gasteiger partial charge in [0.2, 0.25) is 0 Å². The predicted molar refractivity (Wildman–Crippen MR) is 105 cm³/mol. The van der Waals surface area contributed by atoms with Crippen LogP contribution in [0.15, 0.2) is 0 Å². The largest absolute Gasteiger partial charge is 0.303 e. The molecule has 0 amide bonds. The van der Waals surface area contributed by atoms with E-state index in [1.165, 1.54) is 58.2 Å². The smallest absolute Gasteiger partial charge is 0.133 e. The van der Waals surface area contributed by atoms with E-state index in [0.717, 1.165) is 49.7 Å². The molecule has 0 spiro atoms. The van der Waals surface area contributed by atoms with Crippen LogP contribution in [-0.4, -0.2) is 54.3 Å². The van der Waals surface area contributed by atoms with E-state index >= 15 is 0 Å². The van der Waals surface area contributed by atoms with Gasteiger partial charge in [0.1, 0.15) is 5.78 Å². The van der Waals surface area contributed by atoms with Crippen LogP contribution < -0.4 is 0 Å². The zero-order chi connectivity index (χ0) is 17.8. The van der Waals surface area contributed by atoms with Crippen molar-refractivity contribution in [1.29, 1.82) is 0 Å². The highest BCUT2D eigenvalue weighted by Gasteiger charge is 2.31. The summed E-state index contributed by atoms with van der Waals surface area (Å²) in [4.78, 5) is 17.0. The molecule has 25 heavy (non-hydrogen) atoms. The first kappa shape index (κ1) is 19.4. The molecule has 1 saturated carbocycles. The summed E-state index contributed by atoms with van der Waals surface area (Å²) in [6.45, 7) is 12.8. The molecule has 3 rings (SSSR count). The molecule has 1 aliphatic carbocycles. The van der Waals surface area contributed by atoms with Gasteiger partial charge in [-0.25, -0.2) is 0 Å². The van der Waals surface area contributed by atoms with Crippen molar-refractivity contribution in [2.24, 2.45) is 23.7 Å². The first-order chi connectivity index (χ1) is 12.0. The second-order valence-electron chi connectivity index (χ2n) is 9.48. The molecule has 0 radical (unpaired) electrons. The second-order valence-corrected chi connectivity index (χ2v) is 9.48. The maximum Gasteiger partial charge on any atom is 0.133 e. The fraction of sp³-hybridized carbons (Fsp3) is 0.955. The lowest BCUT2D eigenvalue weighted by molar-refractivity contribution is -0.122. The van der Waals surface area contributed by atoms with Gasteiger partial charge in [0, 0.05) is 18.5 Å². The Labute approximate surface area is 155 Å². The van der Waals surface area contributed by atoms with Crippen molar-refractivity contribution in [2.45, 2.75) is 78.2 Å². The number of hydrogen-bond acceptors (Lipinski definition) is 3. The number of Topliss-reactive ketones (excluding diaryl/α,β-unsaturated/α-hetero) is 1. The third-order valence-electron chi connectivity index (χ3n) is 7.53. The number of carbonyl (C=O) groups excluding carboxylic acids is 1. The van der Waals surface area contributed by atoms with Crippen molar-refractivity contribution in [3.8, 4) is 0 Å². The van der Waals surface area contributed by atoms with Crippen molar-refractivity contribution in [2.75, 3.05) is 32.7 Å². The Hall–Kier alpha value is -0.410. The zero-order valence-electron chi connectivity index (χ0n) is 16.9. The number of piperidine rings is 2. The van der Waals surface area contributed by atoms with E-state index in [1.807, 2.05) is 0 Å². The standard InChI is InChI=1S/C22H40N2O/c1-17(2)20-10-14-24(15-11-20)22-6-4-19(5-7-22)16-23-12-8-21(9-13-23)18(3)25/h17,19-22H,4-16H2,1-3H3. The number of nitrogens with zero attached hydrogens (tertiary/aromatic N) is 2. The van der Waals surface area contributed by atoms with Gasteiger partial charge in [0.15, 0.2) is 0 Å². The van der Waals surface area contributed by atoms with Crippen LogP contribution in [-0.2, 0) is 4.79 Å². The van der Waals surface area contributed by atoms with Crippen molar-refractivity contribution < 1.29 is 4.79 Å². The molecule has 0 aromatic heterocycles. The van der Waals surface area contributed by atoms with Crippen molar-refractivity contribution >= 4 is 5.78 Å². The van der Waals surface area contributed by atoms with Crippen LogP contribution >= 0.6 is 0 Å². The molecule has 144 valence electrons. The monoisotopic (exact) mass is 348 g/mol. The summed E-state index contributed by atoms with van der Waals surface area (Å²) in [7, 11) is 0. The van der Waals surface area contributed by atoms with E-state index in [9.17, 15) is 4.79 Å². The molecule has 3 heteroatoms. The summed E-state index contributed by atoms with van der Waals surface area (Å²) in [6, 6.07) is 0.868. The molecular formula is C22H40N2O. The van der Waals surface area contributed by atoms with Crippen LogP contribution in [0.2, 0.25) is 0 Å². The van der Waals surface area contributed by atoms with Gasteiger partial charge in [-0.15, -0.1) is 0 Å². The molecule has 3 fully saturated rings. The van der Waals surface area contributed by atoms with Gasteiger partial charge < -0.3 is 9.80 Å². The van der Waals surface area contributed by atoms with Crippen LogP contribution in [0.4, 0.5) is 0 Å². The van der Waals surface area contributed by atoms with Gasteiger partial charge in [-0.2, -0.15) is 0 Å². The van der Waals surface area contributed by atoms with E-state index in [1.54, 1.807) is 6.92 Å². The molecule has 2 aliphatic heterocycles. The fourth-order valence-corrected chi connectivity index (χ4v) is 5.53. The third-order valence-corrected chi connectivity index (χ3v) is 7.53. The molecular weight excluding hydrogens is 308 g/mol. The summed E-state index contributed by atoms with van der Waals surface area (Å²) in [6.07, 6.45) is 10.7. The maximum atomic E-state index is 11.5. The Morgan fingerprint density at radius 2 is 1.48 bits per heavy atom. The fourth-order valence-electron chi connectivity index (χ4n) is 5.53. The van der Waals surface area contributed by atoms with E-state index in [0.29, 0.717) is 11.7 Å². The van der Waals surface area contributed by atoms with E-state index in [2.05, 4.69) is 23.6 Å². The highest BCUT2D eigenvalue weighted by atomic mass is 16.1. The third kappa shape index (κ3) is 5.29. The second kappa shape index (κ2) is 8.99. The lowest BCUT2D eigenvalue weighted by Gasteiger charge is -2.42. The van der Waals surface area contributed by atoms with Gasteiger partial charge in [0.25, 0.3) is 0 Å². The Morgan fingerprint density at radius 1 is 0.880 bits per heavy atom. The SMILES string of the molecule is CC(=O)C1CCN(CC2CCC(N3CCC(C(C)C)CC3)CC2)CC1. The Balaban J connectivity index is 1.35. The maximum absolute atomic E-state index is 11.5. The van der Waals surface area contributed by atoms with E-state index < -0.39 is 0 Å². The minimum absolute atomic E-state index is 0.348. The molecule has 0 aromatic carbocycles. The minimum atomic E-state index is 0.348. The summed E-state index contributed by atoms with van der Waals surface area (Å²) in [5.41, 5.74) is 0. The number of rotatable bonds is 5.